The third kappa shape index (κ3) is 4.62. The van der Waals surface area contributed by atoms with E-state index in [0.29, 0.717) is 37.6 Å². The van der Waals surface area contributed by atoms with E-state index in [1.165, 1.54) is 18.4 Å². The molecule has 0 spiro atoms. The number of fused-ring (bicyclic) bond motifs is 1. The molecule has 146 valence electrons. The van der Waals surface area contributed by atoms with Crippen LogP contribution in [0.15, 0.2) is 23.8 Å². The molecule has 1 heterocycles. The van der Waals surface area contributed by atoms with Crippen molar-refractivity contribution in [1.82, 2.24) is 10.2 Å². The number of carbonyl (C=O) groups excluding carboxylic acids is 2. The third-order valence-corrected chi connectivity index (χ3v) is 5.32. The fraction of sp³-hybridized carbons (Fsp3) is 0.524. The molecular formula is C21H28N2O4. The number of hydrogen-bond donors (Lipinski definition) is 1. The Balaban J connectivity index is 1.56. The van der Waals surface area contributed by atoms with Crippen LogP contribution in [-0.2, 0) is 22.6 Å². The van der Waals surface area contributed by atoms with Crippen LogP contribution in [0.4, 0.5) is 0 Å². The van der Waals surface area contributed by atoms with Crippen molar-refractivity contribution < 1.29 is 19.1 Å². The molecule has 6 heteroatoms. The first-order valence-corrected chi connectivity index (χ1v) is 9.61. The molecule has 1 aliphatic carbocycles. The number of methoxy groups -OCH3 is 2. The molecule has 0 atom stereocenters. The Morgan fingerprint density at radius 3 is 2.48 bits per heavy atom. The second kappa shape index (κ2) is 8.93. The number of carbonyl (C=O) groups is 2. The summed E-state index contributed by atoms with van der Waals surface area (Å²) >= 11 is 0. The van der Waals surface area contributed by atoms with Gasteiger partial charge in [-0.1, -0.05) is 11.6 Å². The zero-order chi connectivity index (χ0) is 19.2. The van der Waals surface area contributed by atoms with Crippen molar-refractivity contribution in [2.24, 2.45) is 0 Å². The van der Waals surface area contributed by atoms with Crippen LogP contribution < -0.4 is 14.8 Å². The lowest BCUT2D eigenvalue weighted by atomic mass is 9.97. The largest absolute Gasteiger partial charge is 0.493 e. The molecular weight excluding hydrogens is 344 g/mol. The maximum atomic E-state index is 12.5. The molecule has 0 saturated heterocycles. The van der Waals surface area contributed by atoms with Crippen LogP contribution in [0.5, 0.6) is 11.5 Å². The van der Waals surface area contributed by atoms with E-state index in [-0.39, 0.29) is 0 Å². The van der Waals surface area contributed by atoms with Crippen LogP contribution in [0.25, 0.3) is 0 Å². The van der Waals surface area contributed by atoms with Gasteiger partial charge in [-0.2, -0.15) is 0 Å². The van der Waals surface area contributed by atoms with E-state index in [1.807, 2.05) is 12.1 Å². The molecule has 2 amide bonds. The highest BCUT2D eigenvalue weighted by atomic mass is 16.5. The lowest BCUT2D eigenvalue weighted by Crippen LogP contribution is -2.45. The molecule has 0 saturated carbocycles. The molecule has 0 aromatic heterocycles. The van der Waals surface area contributed by atoms with Crippen molar-refractivity contribution in [2.45, 2.75) is 45.1 Å². The standard InChI is InChI=1S/C21H28N2O4/c1-26-18-12-16-9-11-23(14-17(16)13-19(18)27-2)21(25)20(24)22-10-8-15-6-4-3-5-7-15/h6,12-13H,3-5,7-11,14H2,1-2H3,(H,22,24). The highest BCUT2D eigenvalue weighted by Gasteiger charge is 2.26. The Morgan fingerprint density at radius 1 is 1.07 bits per heavy atom. The van der Waals surface area contributed by atoms with Crippen molar-refractivity contribution >= 4 is 11.8 Å². The van der Waals surface area contributed by atoms with E-state index in [2.05, 4.69) is 11.4 Å². The van der Waals surface area contributed by atoms with Crippen molar-refractivity contribution in [1.29, 1.82) is 0 Å². The van der Waals surface area contributed by atoms with Gasteiger partial charge in [-0.3, -0.25) is 9.59 Å². The summed E-state index contributed by atoms with van der Waals surface area (Å²) in [6.45, 7) is 1.46. The number of ether oxygens (including phenoxy) is 2. The summed E-state index contributed by atoms with van der Waals surface area (Å²) in [5.41, 5.74) is 3.51. The minimum absolute atomic E-state index is 0.410. The first kappa shape index (κ1) is 19.3. The molecule has 0 unspecified atom stereocenters. The molecule has 1 aliphatic heterocycles. The van der Waals surface area contributed by atoms with Gasteiger partial charge in [0, 0.05) is 19.6 Å². The molecule has 27 heavy (non-hydrogen) atoms. The topological polar surface area (TPSA) is 67.9 Å². The first-order chi connectivity index (χ1) is 13.1. The Kier molecular flexibility index (Phi) is 6.37. The van der Waals surface area contributed by atoms with Gasteiger partial charge in [0.15, 0.2) is 11.5 Å². The number of benzene rings is 1. The lowest BCUT2D eigenvalue weighted by Gasteiger charge is -2.29. The van der Waals surface area contributed by atoms with Crippen molar-refractivity contribution in [3.05, 3.63) is 34.9 Å². The minimum atomic E-state index is -0.518. The predicted octanol–water partition coefficient (Wildman–Crippen LogP) is 2.60. The lowest BCUT2D eigenvalue weighted by molar-refractivity contribution is -0.146. The molecule has 3 rings (SSSR count). The first-order valence-electron chi connectivity index (χ1n) is 9.61. The van der Waals surface area contributed by atoms with Gasteiger partial charge in [-0.15, -0.1) is 0 Å². The average molecular weight is 372 g/mol. The van der Waals surface area contributed by atoms with Gasteiger partial charge < -0.3 is 19.7 Å². The Bertz CT molecular complexity index is 742. The van der Waals surface area contributed by atoms with E-state index in [0.717, 1.165) is 30.4 Å². The molecule has 0 fully saturated rings. The fourth-order valence-electron chi connectivity index (χ4n) is 3.74. The quantitative estimate of drug-likeness (QED) is 0.637. The fourth-order valence-corrected chi connectivity index (χ4v) is 3.74. The van der Waals surface area contributed by atoms with E-state index in [4.69, 9.17) is 9.47 Å². The van der Waals surface area contributed by atoms with Gasteiger partial charge in [0.25, 0.3) is 0 Å². The maximum Gasteiger partial charge on any atom is 0.312 e. The normalized spacial score (nSPS) is 16.2. The number of amides is 2. The summed E-state index contributed by atoms with van der Waals surface area (Å²) in [4.78, 5) is 26.4. The van der Waals surface area contributed by atoms with E-state index in [9.17, 15) is 9.59 Å². The summed E-state index contributed by atoms with van der Waals surface area (Å²) in [5, 5.41) is 2.78. The molecule has 1 aromatic rings. The highest BCUT2D eigenvalue weighted by Crippen LogP contribution is 2.33. The second-order valence-corrected chi connectivity index (χ2v) is 7.07. The zero-order valence-corrected chi connectivity index (χ0v) is 16.2. The van der Waals surface area contributed by atoms with Crippen molar-refractivity contribution in [3.63, 3.8) is 0 Å². The molecule has 0 bridgehead atoms. The predicted molar refractivity (Wildman–Crippen MR) is 103 cm³/mol. The molecule has 1 N–H and O–H groups in total. The summed E-state index contributed by atoms with van der Waals surface area (Å²) in [5.74, 6) is 0.338. The number of rotatable bonds is 5. The number of nitrogens with one attached hydrogen (secondary N) is 1. The van der Waals surface area contributed by atoms with Gasteiger partial charge in [-0.05, 0) is 61.8 Å². The van der Waals surface area contributed by atoms with Gasteiger partial charge in [-0.25, -0.2) is 0 Å². The summed E-state index contributed by atoms with van der Waals surface area (Å²) < 4.78 is 10.7. The van der Waals surface area contributed by atoms with E-state index in [1.54, 1.807) is 19.1 Å². The van der Waals surface area contributed by atoms with Crippen LogP contribution in [0.1, 0.15) is 43.2 Å². The van der Waals surface area contributed by atoms with Crippen LogP contribution in [0, 0.1) is 0 Å². The van der Waals surface area contributed by atoms with Gasteiger partial charge in [0.1, 0.15) is 0 Å². The maximum absolute atomic E-state index is 12.5. The van der Waals surface area contributed by atoms with Crippen LogP contribution in [0.3, 0.4) is 0 Å². The van der Waals surface area contributed by atoms with E-state index < -0.39 is 11.8 Å². The van der Waals surface area contributed by atoms with Crippen LogP contribution in [0.2, 0.25) is 0 Å². The van der Waals surface area contributed by atoms with E-state index >= 15 is 0 Å². The Morgan fingerprint density at radius 2 is 1.81 bits per heavy atom. The zero-order valence-electron chi connectivity index (χ0n) is 16.2. The summed E-state index contributed by atoms with van der Waals surface area (Å²) in [6, 6.07) is 3.84. The molecule has 1 aromatic carbocycles. The Labute approximate surface area is 160 Å². The molecule has 0 radical (unpaired) electrons. The summed E-state index contributed by atoms with van der Waals surface area (Å²) in [6.07, 6.45) is 8.50. The monoisotopic (exact) mass is 372 g/mol. The van der Waals surface area contributed by atoms with Crippen LogP contribution in [-0.4, -0.2) is 44.0 Å². The van der Waals surface area contributed by atoms with Gasteiger partial charge >= 0.3 is 11.8 Å². The van der Waals surface area contributed by atoms with Crippen molar-refractivity contribution in [3.8, 4) is 11.5 Å². The van der Waals surface area contributed by atoms with Gasteiger partial charge in [0.2, 0.25) is 0 Å². The minimum Gasteiger partial charge on any atom is -0.493 e. The SMILES string of the molecule is COc1cc2c(cc1OC)CN(C(=O)C(=O)NCCC1=CCCCC1)CC2. The summed E-state index contributed by atoms with van der Waals surface area (Å²) in [7, 11) is 3.20. The third-order valence-electron chi connectivity index (χ3n) is 5.32. The van der Waals surface area contributed by atoms with Crippen LogP contribution >= 0.6 is 0 Å². The highest BCUT2D eigenvalue weighted by molar-refractivity contribution is 6.35. The van der Waals surface area contributed by atoms with Gasteiger partial charge in [0.05, 0.1) is 14.2 Å². The average Bonchev–Trinajstić information content (AvgIpc) is 2.72. The smallest absolute Gasteiger partial charge is 0.312 e. The second-order valence-electron chi connectivity index (χ2n) is 7.07. The molecule has 6 nitrogen and oxygen atoms in total. The molecule has 2 aliphatic rings. The number of nitrogens with zero attached hydrogens (tertiary/aromatic N) is 1. The Hall–Kier alpha value is -2.50. The number of hydrogen-bond acceptors (Lipinski definition) is 4. The van der Waals surface area contributed by atoms with Crippen molar-refractivity contribution in [2.75, 3.05) is 27.3 Å². The number of allylic oxidation sites excluding steroid dienone is 1.